The highest BCUT2D eigenvalue weighted by atomic mass is 19.1. The minimum atomic E-state index is -0.244. The smallest absolute Gasteiger partial charge is 0.134 e. The van der Waals surface area contributed by atoms with E-state index >= 15 is 0 Å². The van der Waals surface area contributed by atoms with E-state index in [1.54, 1.807) is 18.3 Å². The van der Waals surface area contributed by atoms with Crippen molar-refractivity contribution >= 4 is 11.0 Å². The molecule has 5 rings (SSSR count). The molecule has 32 heavy (non-hydrogen) atoms. The molecule has 0 aliphatic carbocycles. The van der Waals surface area contributed by atoms with Gasteiger partial charge in [-0.1, -0.05) is 12.1 Å². The third-order valence-corrected chi connectivity index (χ3v) is 5.90. The molecule has 164 valence electrons. The van der Waals surface area contributed by atoms with Crippen molar-refractivity contribution in [3.8, 4) is 16.9 Å². The molecule has 1 saturated heterocycles. The molecule has 4 aromatic rings. The lowest BCUT2D eigenvalue weighted by atomic mass is 10.1. The Morgan fingerprint density at radius 3 is 2.50 bits per heavy atom. The Balaban J connectivity index is 1.12. The van der Waals surface area contributed by atoms with Crippen molar-refractivity contribution in [3.63, 3.8) is 0 Å². The summed E-state index contributed by atoms with van der Waals surface area (Å²) in [6.07, 6.45) is 3.67. The fourth-order valence-corrected chi connectivity index (χ4v) is 4.10. The predicted molar refractivity (Wildman–Crippen MR) is 123 cm³/mol. The van der Waals surface area contributed by atoms with Crippen LogP contribution >= 0.6 is 0 Å². The highest BCUT2D eigenvalue weighted by Gasteiger charge is 2.18. The average Bonchev–Trinajstić information content (AvgIpc) is 3.23. The summed E-state index contributed by atoms with van der Waals surface area (Å²) < 4.78 is 24.8. The van der Waals surface area contributed by atoms with Gasteiger partial charge < -0.3 is 9.15 Å². The second kappa shape index (κ2) is 9.51. The molecule has 0 radical (unpaired) electrons. The first-order chi connectivity index (χ1) is 15.7. The number of aromatic nitrogens is 1. The van der Waals surface area contributed by atoms with Gasteiger partial charge in [0, 0.05) is 56.1 Å². The SMILES string of the molecule is Fc1ccc(OCCN2CCN(Cc3cc4cc(-c5cccnc5)ccc4o3)CC2)cc1. The lowest BCUT2D eigenvalue weighted by Crippen LogP contribution is -2.46. The Morgan fingerprint density at radius 2 is 1.72 bits per heavy atom. The third kappa shape index (κ3) is 4.98. The Bertz CT molecular complexity index is 1150. The summed E-state index contributed by atoms with van der Waals surface area (Å²) in [5.41, 5.74) is 3.18. The molecule has 0 N–H and O–H groups in total. The topological polar surface area (TPSA) is 41.7 Å². The second-order valence-corrected chi connectivity index (χ2v) is 8.13. The van der Waals surface area contributed by atoms with Gasteiger partial charge in [0.1, 0.15) is 29.5 Å². The molecule has 0 amide bonds. The van der Waals surface area contributed by atoms with Crippen LogP contribution in [-0.2, 0) is 6.54 Å². The largest absolute Gasteiger partial charge is 0.492 e. The number of ether oxygens (including phenoxy) is 1. The fourth-order valence-electron chi connectivity index (χ4n) is 4.10. The number of piperazine rings is 1. The van der Waals surface area contributed by atoms with Crippen LogP contribution in [0, 0.1) is 5.82 Å². The van der Waals surface area contributed by atoms with E-state index < -0.39 is 0 Å². The number of hydrogen-bond acceptors (Lipinski definition) is 5. The average molecular weight is 432 g/mol. The van der Waals surface area contributed by atoms with Crippen LogP contribution in [0.25, 0.3) is 22.1 Å². The van der Waals surface area contributed by atoms with Gasteiger partial charge in [-0.05, 0) is 54.1 Å². The molecular formula is C26H26FN3O2. The van der Waals surface area contributed by atoms with E-state index in [-0.39, 0.29) is 5.82 Å². The van der Waals surface area contributed by atoms with E-state index in [4.69, 9.17) is 9.15 Å². The zero-order chi connectivity index (χ0) is 21.8. The summed E-state index contributed by atoms with van der Waals surface area (Å²) in [7, 11) is 0. The van der Waals surface area contributed by atoms with E-state index in [1.807, 2.05) is 18.3 Å². The molecule has 3 heterocycles. The Morgan fingerprint density at radius 1 is 0.906 bits per heavy atom. The summed E-state index contributed by atoms with van der Waals surface area (Å²) in [5, 5.41) is 1.12. The number of furan rings is 1. The normalized spacial score (nSPS) is 15.3. The molecule has 0 bridgehead atoms. The van der Waals surface area contributed by atoms with Crippen LogP contribution in [0.15, 0.2) is 77.5 Å². The maximum absolute atomic E-state index is 13.0. The van der Waals surface area contributed by atoms with Crippen LogP contribution in [-0.4, -0.2) is 54.1 Å². The van der Waals surface area contributed by atoms with Gasteiger partial charge in [-0.2, -0.15) is 0 Å². The van der Waals surface area contributed by atoms with Crippen molar-refractivity contribution in [2.24, 2.45) is 0 Å². The van der Waals surface area contributed by atoms with E-state index in [0.29, 0.717) is 12.4 Å². The summed E-state index contributed by atoms with van der Waals surface area (Å²) in [4.78, 5) is 9.04. The van der Waals surface area contributed by atoms with Gasteiger partial charge in [-0.3, -0.25) is 14.8 Å². The zero-order valence-electron chi connectivity index (χ0n) is 17.9. The van der Waals surface area contributed by atoms with Gasteiger partial charge in [-0.25, -0.2) is 4.39 Å². The van der Waals surface area contributed by atoms with E-state index in [9.17, 15) is 4.39 Å². The molecule has 2 aromatic carbocycles. The Hall–Kier alpha value is -3.22. The predicted octanol–water partition coefficient (Wildman–Crippen LogP) is 4.83. The van der Waals surface area contributed by atoms with Crippen molar-refractivity contribution in [1.29, 1.82) is 0 Å². The van der Waals surface area contributed by atoms with Crippen molar-refractivity contribution in [2.75, 3.05) is 39.3 Å². The minimum absolute atomic E-state index is 0.244. The molecule has 1 aliphatic rings. The van der Waals surface area contributed by atoms with Gasteiger partial charge in [0.2, 0.25) is 0 Å². The van der Waals surface area contributed by atoms with Gasteiger partial charge in [0.15, 0.2) is 0 Å². The van der Waals surface area contributed by atoms with Crippen molar-refractivity contribution in [3.05, 3.63) is 84.6 Å². The second-order valence-electron chi connectivity index (χ2n) is 8.13. The Labute approximate surface area is 187 Å². The van der Waals surface area contributed by atoms with E-state index in [1.165, 1.54) is 12.1 Å². The summed E-state index contributed by atoms with van der Waals surface area (Å²) in [6, 6.07) is 18.6. The number of pyridine rings is 1. The number of fused-ring (bicyclic) bond motifs is 1. The summed E-state index contributed by atoms with van der Waals surface area (Å²) in [5.74, 6) is 1.46. The lowest BCUT2D eigenvalue weighted by molar-refractivity contribution is 0.108. The Kier molecular flexibility index (Phi) is 6.14. The first-order valence-corrected chi connectivity index (χ1v) is 11.0. The number of hydrogen-bond donors (Lipinski definition) is 0. The molecule has 1 aliphatic heterocycles. The van der Waals surface area contributed by atoms with Crippen LogP contribution in [0.1, 0.15) is 5.76 Å². The number of nitrogens with zero attached hydrogens (tertiary/aromatic N) is 3. The molecule has 0 unspecified atom stereocenters. The maximum Gasteiger partial charge on any atom is 0.134 e. The maximum atomic E-state index is 13.0. The number of halogens is 1. The monoisotopic (exact) mass is 431 g/mol. The van der Waals surface area contributed by atoms with Crippen LogP contribution in [0.4, 0.5) is 4.39 Å². The number of rotatable bonds is 7. The molecule has 0 spiro atoms. The zero-order valence-corrected chi connectivity index (χ0v) is 17.9. The lowest BCUT2D eigenvalue weighted by Gasteiger charge is -2.34. The molecule has 5 nitrogen and oxygen atoms in total. The summed E-state index contributed by atoms with van der Waals surface area (Å²) >= 11 is 0. The van der Waals surface area contributed by atoms with Crippen LogP contribution in [0.3, 0.4) is 0 Å². The van der Waals surface area contributed by atoms with Crippen molar-refractivity contribution in [2.45, 2.75) is 6.54 Å². The summed E-state index contributed by atoms with van der Waals surface area (Å²) in [6.45, 7) is 6.28. The molecule has 0 saturated carbocycles. The molecular weight excluding hydrogens is 405 g/mol. The van der Waals surface area contributed by atoms with Crippen molar-refractivity contribution < 1.29 is 13.5 Å². The van der Waals surface area contributed by atoms with Gasteiger partial charge in [0.25, 0.3) is 0 Å². The number of benzene rings is 2. The van der Waals surface area contributed by atoms with Crippen LogP contribution in [0.5, 0.6) is 5.75 Å². The van der Waals surface area contributed by atoms with Gasteiger partial charge >= 0.3 is 0 Å². The van der Waals surface area contributed by atoms with Crippen molar-refractivity contribution in [1.82, 2.24) is 14.8 Å². The van der Waals surface area contributed by atoms with Gasteiger partial charge in [-0.15, -0.1) is 0 Å². The van der Waals surface area contributed by atoms with Crippen LogP contribution in [0.2, 0.25) is 0 Å². The molecule has 2 aromatic heterocycles. The molecule has 6 heteroatoms. The van der Waals surface area contributed by atoms with E-state index in [0.717, 1.165) is 67.1 Å². The third-order valence-electron chi connectivity index (χ3n) is 5.90. The van der Waals surface area contributed by atoms with Gasteiger partial charge in [0.05, 0.1) is 6.54 Å². The standard InChI is InChI=1S/C26H26FN3O2/c27-23-4-6-24(7-5-23)31-15-14-29-10-12-30(13-11-29)19-25-17-22-16-20(3-8-26(22)32-25)21-2-1-9-28-18-21/h1-9,16-18H,10-15,19H2. The first kappa shape index (κ1) is 20.7. The molecule has 1 fully saturated rings. The molecule has 0 atom stereocenters. The highest BCUT2D eigenvalue weighted by molar-refractivity contribution is 5.83. The van der Waals surface area contributed by atoms with Crippen LogP contribution < -0.4 is 4.74 Å². The highest BCUT2D eigenvalue weighted by Crippen LogP contribution is 2.27. The quantitative estimate of drug-likeness (QED) is 0.419. The van der Waals surface area contributed by atoms with E-state index in [2.05, 4.69) is 39.0 Å². The minimum Gasteiger partial charge on any atom is -0.492 e. The first-order valence-electron chi connectivity index (χ1n) is 11.0. The fraction of sp³-hybridized carbons (Fsp3) is 0.269.